The van der Waals surface area contributed by atoms with E-state index in [4.69, 9.17) is 9.47 Å². The molecule has 0 heterocycles. The number of aliphatic hydroxyl groups is 1. The molecule has 0 aliphatic heterocycles. The van der Waals surface area contributed by atoms with Gasteiger partial charge in [-0.1, -0.05) is 44.2 Å². The maximum absolute atomic E-state index is 13.5. The van der Waals surface area contributed by atoms with Crippen molar-refractivity contribution in [1.82, 2.24) is 16.0 Å². The van der Waals surface area contributed by atoms with Gasteiger partial charge in [-0.05, 0) is 64.9 Å². The molecular weight excluding hydrogens is 514 g/mol. The molecule has 1 aliphatic carbocycles. The quantitative estimate of drug-likeness (QED) is 0.273. The van der Waals surface area contributed by atoms with Crippen molar-refractivity contribution in [2.45, 2.75) is 110 Å². The second kappa shape index (κ2) is 15.7. The van der Waals surface area contributed by atoms with E-state index in [1.54, 1.807) is 6.92 Å². The molecule has 0 bridgehead atoms. The third-order valence-electron chi connectivity index (χ3n) is 6.68. The number of ketones is 1. The Labute approximate surface area is 238 Å². The van der Waals surface area contributed by atoms with Crippen LogP contribution < -0.4 is 16.0 Å². The van der Waals surface area contributed by atoms with Gasteiger partial charge >= 0.3 is 6.09 Å². The monoisotopic (exact) mass is 561 g/mol. The molecule has 40 heavy (non-hydrogen) atoms. The van der Waals surface area contributed by atoms with E-state index in [0.717, 1.165) is 18.4 Å². The van der Waals surface area contributed by atoms with Crippen LogP contribution in [0.3, 0.4) is 0 Å². The number of carbonyl (C=O) groups excluding carboxylic acids is 4. The summed E-state index contributed by atoms with van der Waals surface area (Å²) in [5.41, 5.74) is 0.193. The van der Waals surface area contributed by atoms with Crippen molar-refractivity contribution in [3.63, 3.8) is 0 Å². The maximum atomic E-state index is 13.5. The Morgan fingerprint density at radius 3 is 2.25 bits per heavy atom. The Bertz CT molecular complexity index is 977. The van der Waals surface area contributed by atoms with Gasteiger partial charge < -0.3 is 30.5 Å². The molecule has 1 aromatic rings. The van der Waals surface area contributed by atoms with Crippen LogP contribution in [0.15, 0.2) is 30.3 Å². The molecule has 1 aromatic carbocycles. The highest BCUT2D eigenvalue weighted by Gasteiger charge is 2.35. The maximum Gasteiger partial charge on any atom is 0.408 e. The number of Topliss-reactive ketones (excluding diaryl/α,β-unsaturated/α-hetero) is 1. The number of alkyl carbamates (subject to hydrolysis) is 1. The summed E-state index contributed by atoms with van der Waals surface area (Å²) in [5.74, 6) is -1.02. The fourth-order valence-electron chi connectivity index (χ4n) is 4.84. The molecule has 10 nitrogen and oxygen atoms in total. The van der Waals surface area contributed by atoms with Crippen LogP contribution in [0.25, 0.3) is 0 Å². The highest BCUT2D eigenvalue weighted by molar-refractivity contribution is 5.92. The lowest BCUT2D eigenvalue weighted by molar-refractivity contribution is -0.135. The number of nitrogens with one attached hydrogen (secondary N) is 3. The van der Waals surface area contributed by atoms with Gasteiger partial charge in [0.2, 0.25) is 11.8 Å². The minimum absolute atomic E-state index is 0.0277. The molecule has 1 unspecified atom stereocenters. The van der Waals surface area contributed by atoms with Crippen LogP contribution in [0, 0.1) is 11.8 Å². The summed E-state index contributed by atoms with van der Waals surface area (Å²) in [4.78, 5) is 51.5. The number of hydrogen-bond acceptors (Lipinski definition) is 7. The third kappa shape index (κ3) is 11.6. The van der Waals surface area contributed by atoms with Crippen molar-refractivity contribution in [1.29, 1.82) is 0 Å². The Hall–Kier alpha value is -2.98. The van der Waals surface area contributed by atoms with Crippen LogP contribution in [0.2, 0.25) is 0 Å². The largest absolute Gasteiger partial charge is 0.445 e. The number of hydrogen-bond donors (Lipinski definition) is 4. The van der Waals surface area contributed by atoms with Crippen molar-refractivity contribution < 1.29 is 33.8 Å². The van der Waals surface area contributed by atoms with E-state index >= 15 is 0 Å². The van der Waals surface area contributed by atoms with E-state index in [1.165, 1.54) is 0 Å². The van der Waals surface area contributed by atoms with Gasteiger partial charge in [0.15, 0.2) is 0 Å². The van der Waals surface area contributed by atoms with Gasteiger partial charge in [-0.3, -0.25) is 14.4 Å². The molecule has 4 N–H and O–H groups in total. The van der Waals surface area contributed by atoms with Crippen LogP contribution in [0.1, 0.15) is 79.2 Å². The van der Waals surface area contributed by atoms with E-state index in [1.807, 2.05) is 65.0 Å². The lowest BCUT2D eigenvalue weighted by atomic mass is 9.97. The lowest BCUT2D eigenvalue weighted by Crippen LogP contribution is -2.59. The molecule has 0 aromatic heterocycles. The average Bonchev–Trinajstić information content (AvgIpc) is 3.28. The average molecular weight is 562 g/mol. The van der Waals surface area contributed by atoms with E-state index < -0.39 is 47.7 Å². The fourth-order valence-corrected chi connectivity index (χ4v) is 4.84. The molecule has 5 atom stereocenters. The fraction of sp³-hybridized carbons (Fsp3) is 0.667. The van der Waals surface area contributed by atoms with Gasteiger partial charge in [0, 0.05) is 12.3 Å². The topological polar surface area (TPSA) is 143 Å². The summed E-state index contributed by atoms with van der Waals surface area (Å²) in [6, 6.07) is 6.49. The van der Waals surface area contributed by atoms with Gasteiger partial charge in [0.05, 0.1) is 24.4 Å². The Kier molecular flexibility index (Phi) is 13.1. The van der Waals surface area contributed by atoms with Crippen molar-refractivity contribution in [2.75, 3.05) is 6.61 Å². The van der Waals surface area contributed by atoms with E-state index in [2.05, 4.69) is 16.0 Å². The zero-order valence-corrected chi connectivity index (χ0v) is 24.7. The Balaban J connectivity index is 2.12. The van der Waals surface area contributed by atoms with Crippen LogP contribution in [0.5, 0.6) is 0 Å². The molecule has 10 heteroatoms. The van der Waals surface area contributed by atoms with Crippen molar-refractivity contribution in [3.8, 4) is 0 Å². The molecule has 3 amide bonds. The first-order valence-corrected chi connectivity index (χ1v) is 14.2. The molecule has 1 aliphatic rings. The SMILES string of the molecule is CC(C)C[C@H](NC(=O)[C@@H](NC(=O)OCc1ccccc1)C(C)OC(C)(C)C)C(=O)N[C@H](CO)C[C@@H]1CCCC1=O. The number of ether oxygens (including phenoxy) is 2. The standard InChI is InChI=1S/C30H47N3O7/c1-19(2)15-24(27(36)31-23(17-34)16-22-13-10-14-25(22)35)32-28(37)26(20(3)40-30(4,5)6)33-29(38)39-18-21-11-8-7-9-12-21/h7-9,11-12,19-20,22-24,26,34H,10,13-18H2,1-6H3,(H,31,36)(H,32,37)(H,33,38)/t20?,22-,23-,24-,26-/m0/s1. The van der Waals surface area contributed by atoms with Crippen molar-refractivity contribution in [3.05, 3.63) is 35.9 Å². The number of aliphatic hydroxyl groups excluding tert-OH is 1. The van der Waals surface area contributed by atoms with Gasteiger partial charge in [-0.15, -0.1) is 0 Å². The normalized spacial score (nSPS) is 18.5. The zero-order chi connectivity index (χ0) is 29.9. The summed E-state index contributed by atoms with van der Waals surface area (Å²) in [7, 11) is 0. The smallest absolute Gasteiger partial charge is 0.408 e. The second-order valence-corrected chi connectivity index (χ2v) is 12.0. The molecule has 224 valence electrons. The molecule has 0 spiro atoms. The minimum Gasteiger partial charge on any atom is -0.445 e. The molecule has 1 fully saturated rings. The highest BCUT2D eigenvalue weighted by atomic mass is 16.6. The Morgan fingerprint density at radius 1 is 1.02 bits per heavy atom. The zero-order valence-electron chi connectivity index (χ0n) is 24.7. The molecule has 0 radical (unpaired) electrons. The molecular formula is C30H47N3O7. The van der Waals surface area contributed by atoms with Gasteiger partial charge in [-0.25, -0.2) is 4.79 Å². The first kappa shape index (κ1) is 33.2. The van der Waals surface area contributed by atoms with E-state index in [9.17, 15) is 24.3 Å². The minimum atomic E-state index is -1.14. The van der Waals surface area contributed by atoms with Gasteiger partial charge in [-0.2, -0.15) is 0 Å². The van der Waals surface area contributed by atoms with Crippen LogP contribution in [0.4, 0.5) is 4.79 Å². The molecule has 1 saturated carbocycles. The predicted octanol–water partition coefficient (Wildman–Crippen LogP) is 3.25. The van der Waals surface area contributed by atoms with Crippen molar-refractivity contribution in [2.24, 2.45) is 11.8 Å². The summed E-state index contributed by atoms with van der Waals surface area (Å²) in [6.45, 7) is 10.8. The third-order valence-corrected chi connectivity index (χ3v) is 6.68. The summed E-state index contributed by atoms with van der Waals surface area (Å²) < 4.78 is 11.3. The lowest BCUT2D eigenvalue weighted by Gasteiger charge is -2.32. The van der Waals surface area contributed by atoms with Crippen LogP contribution >= 0.6 is 0 Å². The number of amides is 3. The first-order chi connectivity index (χ1) is 18.8. The predicted molar refractivity (Wildman–Crippen MR) is 151 cm³/mol. The first-order valence-electron chi connectivity index (χ1n) is 14.2. The summed E-state index contributed by atoms with van der Waals surface area (Å²) in [6.07, 6.45) is 1.25. The van der Waals surface area contributed by atoms with Crippen LogP contribution in [-0.4, -0.2) is 65.2 Å². The molecule has 2 rings (SSSR count). The molecule has 0 saturated heterocycles. The van der Waals surface area contributed by atoms with Crippen LogP contribution in [-0.2, 0) is 30.5 Å². The second-order valence-electron chi connectivity index (χ2n) is 12.0. The number of benzene rings is 1. The Morgan fingerprint density at radius 2 is 1.70 bits per heavy atom. The summed E-state index contributed by atoms with van der Waals surface area (Å²) >= 11 is 0. The highest BCUT2D eigenvalue weighted by Crippen LogP contribution is 2.25. The number of carbonyl (C=O) groups is 4. The number of rotatable bonds is 14. The van der Waals surface area contributed by atoms with Gasteiger partial charge in [0.25, 0.3) is 0 Å². The van der Waals surface area contributed by atoms with Crippen molar-refractivity contribution >= 4 is 23.7 Å². The van der Waals surface area contributed by atoms with E-state index in [-0.39, 0.29) is 30.8 Å². The summed E-state index contributed by atoms with van der Waals surface area (Å²) in [5, 5.41) is 18.1. The van der Waals surface area contributed by atoms with E-state index in [0.29, 0.717) is 19.3 Å². The van der Waals surface area contributed by atoms with Gasteiger partial charge in [0.1, 0.15) is 24.5 Å².